The number of piperazine rings is 1. The highest BCUT2D eigenvalue weighted by Crippen LogP contribution is 2.26. The molecule has 2 aliphatic heterocycles. The van der Waals surface area contributed by atoms with E-state index in [9.17, 15) is 9.59 Å². The van der Waals surface area contributed by atoms with Crippen LogP contribution >= 0.6 is 0 Å². The molecule has 7 heteroatoms. The van der Waals surface area contributed by atoms with Crippen molar-refractivity contribution in [3.8, 4) is 5.75 Å². The molecule has 0 aliphatic carbocycles. The standard InChI is InChI=1S/C21H24N4O3/c1-22-20(26)15-25(21(22)27)18-5-3-16(4-6-18)23-11-13-24(14-12-23)17-7-9-19(28-2)10-8-17/h3-10H,11-15H2,1-2H3. The predicted octanol–water partition coefficient (Wildman–Crippen LogP) is 2.42. The van der Waals surface area contributed by atoms with Crippen LogP contribution in [-0.4, -0.2) is 63.7 Å². The van der Waals surface area contributed by atoms with E-state index in [1.807, 2.05) is 36.4 Å². The van der Waals surface area contributed by atoms with Crippen LogP contribution in [0.5, 0.6) is 5.75 Å². The first kappa shape index (κ1) is 18.2. The molecule has 0 unspecified atom stereocenters. The molecule has 2 saturated heterocycles. The van der Waals surface area contributed by atoms with Gasteiger partial charge in [0.15, 0.2) is 0 Å². The van der Waals surface area contributed by atoms with Crippen LogP contribution in [0.25, 0.3) is 0 Å². The van der Waals surface area contributed by atoms with E-state index in [4.69, 9.17) is 4.74 Å². The highest BCUT2D eigenvalue weighted by Gasteiger charge is 2.34. The molecule has 28 heavy (non-hydrogen) atoms. The lowest BCUT2D eigenvalue weighted by atomic mass is 10.2. The molecule has 2 fully saturated rings. The summed E-state index contributed by atoms with van der Waals surface area (Å²) < 4.78 is 5.22. The highest BCUT2D eigenvalue weighted by molar-refractivity contribution is 6.11. The van der Waals surface area contributed by atoms with E-state index in [-0.39, 0.29) is 18.5 Å². The number of likely N-dealkylation sites (N-methyl/N-ethyl adjacent to an activating group) is 1. The third kappa shape index (κ3) is 3.35. The zero-order valence-corrected chi connectivity index (χ0v) is 16.2. The number of imide groups is 1. The molecule has 0 atom stereocenters. The summed E-state index contributed by atoms with van der Waals surface area (Å²) in [6, 6.07) is 15.8. The average molecular weight is 380 g/mol. The second kappa shape index (κ2) is 7.42. The van der Waals surface area contributed by atoms with Crippen molar-refractivity contribution >= 4 is 29.0 Å². The Hall–Kier alpha value is -3.22. The third-order valence-electron chi connectivity index (χ3n) is 5.43. The van der Waals surface area contributed by atoms with Gasteiger partial charge >= 0.3 is 6.03 Å². The van der Waals surface area contributed by atoms with E-state index in [2.05, 4.69) is 21.9 Å². The maximum absolute atomic E-state index is 12.1. The smallest absolute Gasteiger partial charge is 0.331 e. The van der Waals surface area contributed by atoms with Crippen LogP contribution in [0.2, 0.25) is 0 Å². The molecule has 4 rings (SSSR count). The number of ether oxygens (including phenoxy) is 1. The van der Waals surface area contributed by atoms with E-state index in [1.165, 1.54) is 17.6 Å². The number of carbonyl (C=O) groups excluding carboxylic acids is 2. The van der Waals surface area contributed by atoms with Gasteiger partial charge in [-0.05, 0) is 48.5 Å². The van der Waals surface area contributed by atoms with Crippen molar-refractivity contribution in [1.82, 2.24) is 4.90 Å². The summed E-state index contributed by atoms with van der Waals surface area (Å²) in [5.41, 5.74) is 3.09. The number of amides is 3. The van der Waals surface area contributed by atoms with Crippen molar-refractivity contribution in [3.05, 3.63) is 48.5 Å². The molecule has 0 N–H and O–H groups in total. The number of nitrogens with zero attached hydrogens (tertiary/aromatic N) is 4. The minimum Gasteiger partial charge on any atom is -0.497 e. The fourth-order valence-electron chi connectivity index (χ4n) is 3.66. The van der Waals surface area contributed by atoms with Crippen LogP contribution in [0.1, 0.15) is 0 Å². The van der Waals surface area contributed by atoms with E-state index in [0.717, 1.165) is 48.2 Å². The van der Waals surface area contributed by atoms with Gasteiger partial charge in [0.05, 0.1) is 7.11 Å². The topological polar surface area (TPSA) is 56.3 Å². The number of methoxy groups -OCH3 is 1. The van der Waals surface area contributed by atoms with Crippen LogP contribution in [0.4, 0.5) is 21.9 Å². The molecular weight excluding hydrogens is 356 g/mol. The van der Waals surface area contributed by atoms with Crippen molar-refractivity contribution in [3.63, 3.8) is 0 Å². The molecule has 2 aromatic carbocycles. The summed E-state index contributed by atoms with van der Waals surface area (Å²) in [6.07, 6.45) is 0. The maximum Gasteiger partial charge on any atom is 0.331 e. The van der Waals surface area contributed by atoms with Crippen molar-refractivity contribution in [2.45, 2.75) is 0 Å². The number of urea groups is 1. The van der Waals surface area contributed by atoms with Crippen LogP contribution in [0, 0.1) is 0 Å². The number of rotatable bonds is 4. The molecule has 0 bridgehead atoms. The predicted molar refractivity (Wildman–Crippen MR) is 109 cm³/mol. The summed E-state index contributed by atoms with van der Waals surface area (Å²) in [7, 11) is 3.19. The maximum atomic E-state index is 12.1. The zero-order valence-electron chi connectivity index (χ0n) is 16.2. The average Bonchev–Trinajstić information content (AvgIpc) is 3.01. The lowest BCUT2D eigenvalue weighted by molar-refractivity contribution is -0.123. The van der Waals surface area contributed by atoms with Gasteiger partial charge in [-0.1, -0.05) is 0 Å². The monoisotopic (exact) mass is 380 g/mol. The van der Waals surface area contributed by atoms with Gasteiger partial charge in [-0.15, -0.1) is 0 Å². The van der Waals surface area contributed by atoms with Crippen LogP contribution in [-0.2, 0) is 4.79 Å². The number of anilines is 3. The molecule has 0 saturated carbocycles. The summed E-state index contributed by atoms with van der Waals surface area (Å²) in [5, 5.41) is 0. The Balaban J connectivity index is 1.38. The Labute approximate surface area is 164 Å². The molecule has 0 spiro atoms. The summed E-state index contributed by atoms with van der Waals surface area (Å²) in [4.78, 5) is 31.2. The normalized spacial score (nSPS) is 17.5. The minimum absolute atomic E-state index is 0.106. The Kier molecular flexibility index (Phi) is 4.81. The Morgan fingerprint density at radius 3 is 1.64 bits per heavy atom. The van der Waals surface area contributed by atoms with Gasteiger partial charge in [-0.25, -0.2) is 4.79 Å². The third-order valence-corrected chi connectivity index (χ3v) is 5.43. The van der Waals surface area contributed by atoms with Crippen LogP contribution in [0.15, 0.2) is 48.5 Å². The Bertz CT molecular complexity index is 858. The van der Waals surface area contributed by atoms with Gasteiger partial charge < -0.3 is 14.5 Å². The van der Waals surface area contributed by atoms with Gasteiger partial charge in [0.25, 0.3) is 0 Å². The van der Waals surface area contributed by atoms with Gasteiger partial charge in [0.2, 0.25) is 5.91 Å². The number of hydrogen-bond donors (Lipinski definition) is 0. The molecular formula is C21H24N4O3. The molecule has 0 aromatic heterocycles. The van der Waals surface area contributed by atoms with E-state index >= 15 is 0 Å². The van der Waals surface area contributed by atoms with Crippen LogP contribution in [0.3, 0.4) is 0 Å². The SMILES string of the molecule is COc1ccc(N2CCN(c3ccc(N4CC(=O)N(C)C4=O)cc3)CC2)cc1. The summed E-state index contributed by atoms with van der Waals surface area (Å²) in [6.45, 7) is 3.84. The summed E-state index contributed by atoms with van der Waals surface area (Å²) in [5.74, 6) is 0.690. The molecule has 3 amide bonds. The Morgan fingerprint density at radius 2 is 1.21 bits per heavy atom. The number of hydrogen-bond acceptors (Lipinski definition) is 5. The van der Waals surface area contributed by atoms with Crippen molar-refractivity contribution in [1.29, 1.82) is 0 Å². The molecule has 2 aromatic rings. The first-order chi connectivity index (χ1) is 13.6. The number of benzene rings is 2. The molecule has 7 nitrogen and oxygen atoms in total. The van der Waals surface area contributed by atoms with E-state index in [0.29, 0.717) is 0 Å². The van der Waals surface area contributed by atoms with Crippen molar-refractivity contribution in [2.75, 3.05) is 61.6 Å². The second-order valence-corrected chi connectivity index (χ2v) is 7.01. The first-order valence-corrected chi connectivity index (χ1v) is 9.39. The first-order valence-electron chi connectivity index (χ1n) is 9.39. The lowest BCUT2D eigenvalue weighted by Gasteiger charge is -2.37. The zero-order chi connectivity index (χ0) is 19.7. The summed E-state index contributed by atoms with van der Waals surface area (Å²) >= 11 is 0. The molecule has 2 aliphatic rings. The number of carbonyl (C=O) groups is 2. The Morgan fingerprint density at radius 1 is 0.750 bits per heavy atom. The van der Waals surface area contributed by atoms with Gasteiger partial charge in [0.1, 0.15) is 12.3 Å². The van der Waals surface area contributed by atoms with Crippen molar-refractivity contribution in [2.24, 2.45) is 0 Å². The van der Waals surface area contributed by atoms with E-state index < -0.39 is 0 Å². The molecule has 2 heterocycles. The fourth-order valence-corrected chi connectivity index (χ4v) is 3.66. The van der Waals surface area contributed by atoms with Gasteiger partial charge in [-0.2, -0.15) is 0 Å². The lowest BCUT2D eigenvalue weighted by Crippen LogP contribution is -2.46. The van der Waals surface area contributed by atoms with E-state index in [1.54, 1.807) is 7.11 Å². The highest BCUT2D eigenvalue weighted by atomic mass is 16.5. The fraction of sp³-hybridized carbons (Fsp3) is 0.333. The molecule has 0 radical (unpaired) electrons. The minimum atomic E-state index is -0.272. The quantitative estimate of drug-likeness (QED) is 0.763. The van der Waals surface area contributed by atoms with Gasteiger partial charge in [-0.3, -0.25) is 14.6 Å². The van der Waals surface area contributed by atoms with Crippen LogP contribution < -0.4 is 19.4 Å². The van der Waals surface area contributed by atoms with Crippen molar-refractivity contribution < 1.29 is 14.3 Å². The molecule has 146 valence electrons. The van der Waals surface area contributed by atoms with Gasteiger partial charge in [0, 0.05) is 50.3 Å². The second-order valence-electron chi connectivity index (χ2n) is 7.01. The largest absolute Gasteiger partial charge is 0.497 e.